The van der Waals surface area contributed by atoms with Gasteiger partial charge < -0.3 is 4.57 Å². The second-order valence-electron chi connectivity index (χ2n) is 3.08. The van der Waals surface area contributed by atoms with Crippen LogP contribution in [0.5, 0.6) is 0 Å². The van der Waals surface area contributed by atoms with Crippen LogP contribution in [0.25, 0.3) is 0 Å². The second kappa shape index (κ2) is 3.51. The van der Waals surface area contributed by atoms with E-state index in [0.717, 1.165) is 12.2 Å². The molecule has 0 N–H and O–H groups in total. The fourth-order valence-electron chi connectivity index (χ4n) is 0.948. The van der Waals surface area contributed by atoms with Crippen molar-refractivity contribution < 1.29 is 0 Å². The van der Waals surface area contributed by atoms with E-state index in [1.54, 1.807) is 6.33 Å². The first-order valence-electron chi connectivity index (χ1n) is 4.07. The molecule has 1 heterocycles. The Labute approximate surface area is 67.4 Å². The zero-order valence-corrected chi connectivity index (χ0v) is 7.41. The molecule has 0 radical (unpaired) electrons. The highest BCUT2D eigenvalue weighted by molar-refractivity contribution is 4.85. The van der Waals surface area contributed by atoms with Gasteiger partial charge in [0.15, 0.2) is 0 Å². The largest absolute Gasteiger partial charge is 0.321 e. The van der Waals surface area contributed by atoms with Crippen LogP contribution in [-0.2, 0) is 13.5 Å². The molecule has 0 aliphatic heterocycles. The highest BCUT2D eigenvalue weighted by atomic mass is 15.2. The molecule has 0 aliphatic rings. The molecular formula is C8H15N3. The monoisotopic (exact) mass is 153 g/mol. The maximum Gasteiger partial charge on any atom is 0.132 e. The normalized spacial score (nSPS) is 13.4. The summed E-state index contributed by atoms with van der Waals surface area (Å²) in [5, 5.41) is 7.84. The molecule has 0 amide bonds. The van der Waals surface area contributed by atoms with Gasteiger partial charge in [-0.2, -0.15) is 0 Å². The third-order valence-electron chi connectivity index (χ3n) is 2.03. The van der Waals surface area contributed by atoms with Crippen LogP contribution in [0.15, 0.2) is 6.33 Å². The Bertz CT molecular complexity index is 217. The molecule has 62 valence electrons. The van der Waals surface area contributed by atoms with Crippen molar-refractivity contribution in [1.82, 2.24) is 14.8 Å². The number of aryl methyl sites for hydroxylation is 1. The molecule has 0 fully saturated rings. The summed E-state index contributed by atoms with van der Waals surface area (Å²) in [6.45, 7) is 4.43. The van der Waals surface area contributed by atoms with Gasteiger partial charge >= 0.3 is 0 Å². The average molecular weight is 153 g/mol. The summed E-state index contributed by atoms with van der Waals surface area (Å²) in [5.74, 6) is 1.79. The van der Waals surface area contributed by atoms with Gasteiger partial charge in [-0.3, -0.25) is 0 Å². The Hall–Kier alpha value is -0.860. The highest BCUT2D eigenvalue weighted by Crippen LogP contribution is 2.07. The SMILES string of the molecule is CC[C@@H](C)Cc1nncn1C. The molecular weight excluding hydrogens is 138 g/mol. The van der Waals surface area contributed by atoms with E-state index in [-0.39, 0.29) is 0 Å². The molecule has 3 heteroatoms. The molecule has 1 atom stereocenters. The minimum absolute atomic E-state index is 0.706. The van der Waals surface area contributed by atoms with Crippen molar-refractivity contribution in [3.05, 3.63) is 12.2 Å². The van der Waals surface area contributed by atoms with Gasteiger partial charge in [0.05, 0.1) is 0 Å². The molecule has 0 bridgehead atoms. The quantitative estimate of drug-likeness (QED) is 0.657. The van der Waals surface area contributed by atoms with Crippen LogP contribution in [0.2, 0.25) is 0 Å². The van der Waals surface area contributed by atoms with Gasteiger partial charge in [0.2, 0.25) is 0 Å². The lowest BCUT2D eigenvalue weighted by atomic mass is 10.1. The average Bonchev–Trinajstić information content (AvgIpc) is 2.37. The maximum absolute atomic E-state index is 4.02. The molecule has 0 aliphatic carbocycles. The van der Waals surface area contributed by atoms with Crippen LogP contribution >= 0.6 is 0 Å². The fraction of sp³-hybridized carbons (Fsp3) is 0.750. The van der Waals surface area contributed by atoms with Crippen LogP contribution in [0.1, 0.15) is 26.1 Å². The summed E-state index contributed by atoms with van der Waals surface area (Å²) in [5.41, 5.74) is 0. The van der Waals surface area contributed by atoms with Crippen molar-refractivity contribution >= 4 is 0 Å². The Morgan fingerprint density at radius 1 is 1.64 bits per heavy atom. The van der Waals surface area contributed by atoms with E-state index in [1.165, 1.54) is 6.42 Å². The first-order valence-corrected chi connectivity index (χ1v) is 4.07. The van der Waals surface area contributed by atoms with Crippen molar-refractivity contribution in [2.75, 3.05) is 0 Å². The van der Waals surface area contributed by atoms with E-state index in [9.17, 15) is 0 Å². The first-order chi connectivity index (χ1) is 5.24. The minimum Gasteiger partial charge on any atom is -0.321 e. The molecule has 1 aromatic rings. The van der Waals surface area contributed by atoms with E-state index < -0.39 is 0 Å². The van der Waals surface area contributed by atoms with Crippen molar-refractivity contribution in [3.8, 4) is 0 Å². The molecule has 11 heavy (non-hydrogen) atoms. The van der Waals surface area contributed by atoms with Gasteiger partial charge in [-0.1, -0.05) is 20.3 Å². The molecule has 0 unspecified atom stereocenters. The second-order valence-corrected chi connectivity index (χ2v) is 3.08. The van der Waals surface area contributed by atoms with E-state index >= 15 is 0 Å². The Balaban J connectivity index is 2.56. The standard InChI is InChI=1S/C8H15N3/c1-4-7(2)5-8-10-9-6-11(8)3/h6-7H,4-5H2,1-3H3/t7-/m1/s1. The number of nitrogens with zero attached hydrogens (tertiary/aromatic N) is 3. The van der Waals surface area contributed by atoms with Crippen LogP contribution in [0.3, 0.4) is 0 Å². The maximum atomic E-state index is 4.02. The topological polar surface area (TPSA) is 30.7 Å². The number of hydrogen-bond donors (Lipinski definition) is 0. The summed E-state index contributed by atoms with van der Waals surface area (Å²) in [6.07, 6.45) is 3.98. The Morgan fingerprint density at radius 2 is 2.36 bits per heavy atom. The number of rotatable bonds is 3. The molecule has 0 aromatic carbocycles. The molecule has 1 aromatic heterocycles. The van der Waals surface area contributed by atoms with Gasteiger partial charge in [0.1, 0.15) is 12.2 Å². The zero-order valence-electron chi connectivity index (χ0n) is 7.41. The Kier molecular flexibility index (Phi) is 2.63. The fourth-order valence-corrected chi connectivity index (χ4v) is 0.948. The number of aromatic nitrogens is 3. The molecule has 0 spiro atoms. The lowest BCUT2D eigenvalue weighted by Gasteiger charge is -2.05. The van der Waals surface area contributed by atoms with Crippen LogP contribution in [-0.4, -0.2) is 14.8 Å². The van der Waals surface area contributed by atoms with Crippen LogP contribution in [0.4, 0.5) is 0 Å². The van der Waals surface area contributed by atoms with Gasteiger partial charge in [-0.25, -0.2) is 0 Å². The smallest absolute Gasteiger partial charge is 0.132 e. The van der Waals surface area contributed by atoms with Gasteiger partial charge in [-0.15, -0.1) is 10.2 Å². The van der Waals surface area contributed by atoms with Crippen LogP contribution in [0, 0.1) is 5.92 Å². The molecule has 0 saturated heterocycles. The van der Waals surface area contributed by atoms with Crippen molar-refractivity contribution in [2.24, 2.45) is 13.0 Å². The minimum atomic E-state index is 0.706. The number of hydrogen-bond acceptors (Lipinski definition) is 2. The molecule has 1 rings (SSSR count). The first kappa shape index (κ1) is 8.24. The molecule has 0 saturated carbocycles. The summed E-state index contributed by atoms with van der Waals surface area (Å²) in [7, 11) is 1.98. The van der Waals surface area contributed by atoms with Gasteiger partial charge in [-0.05, 0) is 5.92 Å². The molecule has 3 nitrogen and oxygen atoms in total. The lowest BCUT2D eigenvalue weighted by molar-refractivity contribution is 0.532. The zero-order chi connectivity index (χ0) is 8.27. The predicted molar refractivity (Wildman–Crippen MR) is 44.2 cm³/mol. The lowest BCUT2D eigenvalue weighted by Crippen LogP contribution is -2.04. The van der Waals surface area contributed by atoms with E-state index in [0.29, 0.717) is 5.92 Å². The van der Waals surface area contributed by atoms with E-state index in [4.69, 9.17) is 0 Å². The third kappa shape index (κ3) is 2.03. The van der Waals surface area contributed by atoms with Gasteiger partial charge in [0, 0.05) is 13.5 Å². The summed E-state index contributed by atoms with van der Waals surface area (Å²) < 4.78 is 1.98. The predicted octanol–water partition coefficient (Wildman–Crippen LogP) is 1.40. The van der Waals surface area contributed by atoms with E-state index in [2.05, 4.69) is 24.0 Å². The summed E-state index contributed by atoms with van der Waals surface area (Å²) >= 11 is 0. The third-order valence-corrected chi connectivity index (χ3v) is 2.03. The van der Waals surface area contributed by atoms with Gasteiger partial charge in [0.25, 0.3) is 0 Å². The summed E-state index contributed by atoms with van der Waals surface area (Å²) in [4.78, 5) is 0. The summed E-state index contributed by atoms with van der Waals surface area (Å²) in [6, 6.07) is 0. The van der Waals surface area contributed by atoms with Crippen molar-refractivity contribution in [3.63, 3.8) is 0 Å². The Morgan fingerprint density at radius 3 is 2.82 bits per heavy atom. The highest BCUT2D eigenvalue weighted by Gasteiger charge is 2.04. The van der Waals surface area contributed by atoms with Crippen molar-refractivity contribution in [1.29, 1.82) is 0 Å². The van der Waals surface area contributed by atoms with Crippen molar-refractivity contribution in [2.45, 2.75) is 26.7 Å². The van der Waals surface area contributed by atoms with E-state index in [1.807, 2.05) is 11.6 Å². The van der Waals surface area contributed by atoms with Crippen LogP contribution < -0.4 is 0 Å².